The second-order valence-corrected chi connectivity index (χ2v) is 5.97. The summed E-state index contributed by atoms with van der Waals surface area (Å²) >= 11 is 0. The summed E-state index contributed by atoms with van der Waals surface area (Å²) in [5.74, 6) is -6.98. The average molecular weight is 386 g/mol. The number of hydrogen-bond acceptors (Lipinski definition) is 4. The molecule has 0 aliphatic heterocycles. The molecule has 0 heterocycles. The fourth-order valence-electron chi connectivity index (χ4n) is 3.36. The van der Waals surface area contributed by atoms with Crippen LogP contribution in [0.4, 0.5) is 0 Å². The Morgan fingerprint density at radius 3 is 1.71 bits per heavy atom. The van der Waals surface area contributed by atoms with E-state index < -0.39 is 46.1 Å². The van der Waals surface area contributed by atoms with Crippen molar-refractivity contribution in [2.75, 3.05) is 0 Å². The van der Waals surface area contributed by atoms with Gasteiger partial charge in [-0.05, 0) is 41.2 Å². The summed E-state index contributed by atoms with van der Waals surface area (Å²) in [6, 6.07) is 5.99. The van der Waals surface area contributed by atoms with Gasteiger partial charge in [0.1, 0.15) is 0 Å². The number of carboxylic acids is 4. The fraction of sp³-hybridized carbons (Fsp3) is 0.200. The standard InChI is InChI=1S/C20H18O8/c1-3-9-6-5-7-11(10(9)4-2)12-8-13(17(21)22)15(19(25)26)16(20(27)28)14(12)18(23)24/h5-8H,3-4H2,1-2H3,(H,21,22)(H,23,24)(H,25,26)(H,27,28). The number of aromatic carboxylic acids is 4. The van der Waals surface area contributed by atoms with Gasteiger partial charge in [0.05, 0.1) is 22.3 Å². The summed E-state index contributed by atoms with van der Waals surface area (Å²) in [6.45, 7) is 3.73. The van der Waals surface area contributed by atoms with E-state index in [9.17, 15) is 39.6 Å². The van der Waals surface area contributed by atoms with Crippen molar-refractivity contribution < 1.29 is 39.6 Å². The largest absolute Gasteiger partial charge is 0.478 e. The van der Waals surface area contributed by atoms with Crippen LogP contribution in [0.5, 0.6) is 0 Å². The van der Waals surface area contributed by atoms with E-state index in [-0.39, 0.29) is 5.56 Å². The van der Waals surface area contributed by atoms with Crippen LogP contribution in [0.3, 0.4) is 0 Å². The minimum absolute atomic E-state index is 0.139. The zero-order chi connectivity index (χ0) is 21.2. The molecule has 0 aliphatic carbocycles. The Morgan fingerprint density at radius 1 is 0.714 bits per heavy atom. The van der Waals surface area contributed by atoms with E-state index in [1.807, 2.05) is 19.9 Å². The lowest BCUT2D eigenvalue weighted by Gasteiger charge is -2.18. The van der Waals surface area contributed by atoms with E-state index >= 15 is 0 Å². The number of rotatable bonds is 7. The molecular formula is C20H18O8. The monoisotopic (exact) mass is 386 g/mol. The lowest BCUT2D eigenvalue weighted by molar-refractivity contribution is 0.0620. The summed E-state index contributed by atoms with van der Waals surface area (Å²) in [4.78, 5) is 46.9. The van der Waals surface area contributed by atoms with Crippen LogP contribution in [-0.4, -0.2) is 44.3 Å². The van der Waals surface area contributed by atoms with E-state index in [1.165, 1.54) is 0 Å². The number of carbonyl (C=O) groups is 4. The zero-order valence-electron chi connectivity index (χ0n) is 15.1. The molecule has 0 saturated heterocycles. The third-order valence-corrected chi connectivity index (χ3v) is 4.50. The first kappa shape index (κ1) is 20.6. The molecule has 0 aliphatic rings. The number of aryl methyl sites for hydroxylation is 1. The highest BCUT2D eigenvalue weighted by molar-refractivity contribution is 6.16. The van der Waals surface area contributed by atoms with Crippen molar-refractivity contribution in [2.45, 2.75) is 26.7 Å². The predicted octanol–water partition coefficient (Wildman–Crippen LogP) is 3.27. The van der Waals surface area contributed by atoms with Gasteiger partial charge in [0.15, 0.2) is 0 Å². The number of benzene rings is 2. The van der Waals surface area contributed by atoms with Crippen molar-refractivity contribution in [2.24, 2.45) is 0 Å². The molecular weight excluding hydrogens is 368 g/mol. The molecule has 0 amide bonds. The zero-order valence-corrected chi connectivity index (χ0v) is 15.1. The molecule has 28 heavy (non-hydrogen) atoms. The van der Waals surface area contributed by atoms with Crippen molar-refractivity contribution >= 4 is 23.9 Å². The quantitative estimate of drug-likeness (QED) is 0.566. The highest BCUT2D eigenvalue weighted by atomic mass is 16.4. The molecule has 4 N–H and O–H groups in total. The van der Waals surface area contributed by atoms with Crippen molar-refractivity contribution in [3.05, 3.63) is 57.6 Å². The van der Waals surface area contributed by atoms with Crippen molar-refractivity contribution in [1.82, 2.24) is 0 Å². The Morgan fingerprint density at radius 2 is 1.29 bits per heavy atom. The lowest BCUT2D eigenvalue weighted by atomic mass is 9.84. The van der Waals surface area contributed by atoms with Crippen LogP contribution in [0.15, 0.2) is 24.3 Å². The Balaban J connectivity index is 3.14. The van der Waals surface area contributed by atoms with Crippen molar-refractivity contribution in [1.29, 1.82) is 0 Å². The molecule has 0 atom stereocenters. The van der Waals surface area contributed by atoms with E-state index in [4.69, 9.17) is 0 Å². The maximum Gasteiger partial charge on any atom is 0.337 e. The minimum Gasteiger partial charge on any atom is -0.478 e. The molecule has 0 aromatic heterocycles. The van der Waals surface area contributed by atoms with Gasteiger partial charge in [0, 0.05) is 0 Å². The van der Waals surface area contributed by atoms with Gasteiger partial charge in [-0.1, -0.05) is 32.0 Å². The Bertz CT molecular complexity index is 1000. The maximum atomic E-state index is 11.9. The summed E-state index contributed by atoms with van der Waals surface area (Å²) in [7, 11) is 0. The molecule has 0 unspecified atom stereocenters. The second-order valence-electron chi connectivity index (χ2n) is 5.97. The molecule has 8 nitrogen and oxygen atoms in total. The lowest BCUT2D eigenvalue weighted by Crippen LogP contribution is -2.20. The minimum atomic E-state index is -1.83. The summed E-state index contributed by atoms with van der Waals surface area (Å²) in [6.07, 6.45) is 1.12. The summed E-state index contributed by atoms with van der Waals surface area (Å²) in [5.41, 5.74) is -1.80. The molecule has 0 spiro atoms. The Kier molecular flexibility index (Phi) is 5.83. The molecule has 8 heteroatoms. The first-order valence-electron chi connectivity index (χ1n) is 8.40. The van der Waals surface area contributed by atoms with Gasteiger partial charge < -0.3 is 20.4 Å². The van der Waals surface area contributed by atoms with E-state index in [1.54, 1.807) is 12.1 Å². The second kappa shape index (κ2) is 7.91. The predicted molar refractivity (Wildman–Crippen MR) is 98.5 cm³/mol. The molecule has 2 rings (SSSR count). The smallest absolute Gasteiger partial charge is 0.337 e. The van der Waals surface area contributed by atoms with Crippen molar-refractivity contribution in [3.63, 3.8) is 0 Å². The number of hydrogen-bond donors (Lipinski definition) is 4. The summed E-state index contributed by atoms with van der Waals surface area (Å²) in [5, 5.41) is 38.0. The third kappa shape index (κ3) is 3.44. The summed E-state index contributed by atoms with van der Waals surface area (Å²) < 4.78 is 0. The van der Waals surface area contributed by atoms with Gasteiger partial charge in [-0.2, -0.15) is 0 Å². The van der Waals surface area contributed by atoms with Crippen molar-refractivity contribution in [3.8, 4) is 11.1 Å². The van der Waals surface area contributed by atoms with Gasteiger partial charge in [0.2, 0.25) is 0 Å². The first-order valence-corrected chi connectivity index (χ1v) is 8.40. The molecule has 0 fully saturated rings. The number of carboxylic acid groups (broad SMARTS) is 4. The van der Waals surface area contributed by atoms with Crippen LogP contribution in [0.2, 0.25) is 0 Å². The van der Waals surface area contributed by atoms with E-state index in [0.29, 0.717) is 18.4 Å². The van der Waals surface area contributed by atoms with Gasteiger partial charge in [-0.3, -0.25) is 0 Å². The fourth-order valence-corrected chi connectivity index (χ4v) is 3.36. The third-order valence-electron chi connectivity index (χ3n) is 4.50. The van der Waals surface area contributed by atoms with Crippen LogP contribution in [0, 0.1) is 0 Å². The molecule has 2 aromatic rings. The van der Waals surface area contributed by atoms with E-state index in [0.717, 1.165) is 17.2 Å². The molecule has 0 radical (unpaired) electrons. The SMILES string of the molecule is CCc1cccc(-c2cc(C(=O)O)c(C(=O)O)c(C(=O)O)c2C(=O)O)c1CC. The van der Waals surface area contributed by atoms with Crippen LogP contribution in [-0.2, 0) is 12.8 Å². The van der Waals surface area contributed by atoms with Crippen LogP contribution in [0.25, 0.3) is 11.1 Å². The van der Waals surface area contributed by atoms with Crippen LogP contribution in [0.1, 0.15) is 66.4 Å². The van der Waals surface area contributed by atoms with E-state index in [2.05, 4.69) is 0 Å². The van der Waals surface area contributed by atoms with Gasteiger partial charge in [-0.15, -0.1) is 0 Å². The molecule has 0 saturated carbocycles. The normalized spacial score (nSPS) is 10.5. The Hall–Kier alpha value is -3.68. The van der Waals surface area contributed by atoms with Crippen LogP contribution < -0.4 is 0 Å². The Labute approximate surface area is 159 Å². The topological polar surface area (TPSA) is 149 Å². The first-order chi connectivity index (χ1) is 13.1. The highest BCUT2D eigenvalue weighted by Crippen LogP contribution is 2.35. The highest BCUT2D eigenvalue weighted by Gasteiger charge is 2.33. The average Bonchev–Trinajstić information content (AvgIpc) is 2.64. The van der Waals surface area contributed by atoms with Gasteiger partial charge in [-0.25, -0.2) is 19.2 Å². The van der Waals surface area contributed by atoms with Gasteiger partial charge in [0.25, 0.3) is 0 Å². The molecule has 0 bridgehead atoms. The maximum absolute atomic E-state index is 11.9. The van der Waals surface area contributed by atoms with Crippen LogP contribution >= 0.6 is 0 Å². The molecule has 146 valence electrons. The molecule has 2 aromatic carbocycles. The van der Waals surface area contributed by atoms with Gasteiger partial charge >= 0.3 is 23.9 Å².